The van der Waals surface area contributed by atoms with Gasteiger partial charge in [-0.2, -0.15) is 5.26 Å². The molecule has 7 nitrogen and oxygen atoms in total. The maximum absolute atomic E-state index is 12.9. The summed E-state index contributed by atoms with van der Waals surface area (Å²) < 4.78 is 0. The molecule has 1 aromatic carbocycles. The molecule has 29 heavy (non-hydrogen) atoms. The number of nitrogens with one attached hydrogen (secondary N) is 1. The van der Waals surface area contributed by atoms with Gasteiger partial charge in [0.05, 0.1) is 17.6 Å². The molecule has 1 unspecified atom stereocenters. The summed E-state index contributed by atoms with van der Waals surface area (Å²) in [7, 11) is 0. The number of carbonyl (C=O) groups excluding carboxylic acids is 3. The molecule has 7 heteroatoms. The third kappa shape index (κ3) is 4.76. The first-order valence-electron chi connectivity index (χ1n) is 10.1. The van der Waals surface area contributed by atoms with Gasteiger partial charge in [0.1, 0.15) is 0 Å². The Kier molecular flexibility index (Phi) is 5.92. The largest absolute Gasteiger partial charge is 0.342 e. The second-order valence-electron chi connectivity index (χ2n) is 8.85. The molecular weight excluding hydrogens is 368 g/mol. The Morgan fingerprint density at radius 2 is 1.72 bits per heavy atom. The number of rotatable bonds is 3. The van der Waals surface area contributed by atoms with Crippen molar-refractivity contribution in [2.45, 2.75) is 45.6 Å². The topological polar surface area (TPSA) is 93.5 Å². The van der Waals surface area contributed by atoms with Crippen molar-refractivity contribution in [3.05, 3.63) is 29.8 Å². The van der Waals surface area contributed by atoms with Crippen LogP contribution >= 0.6 is 0 Å². The average Bonchev–Trinajstić information content (AvgIpc) is 3.10. The highest BCUT2D eigenvalue weighted by Crippen LogP contribution is 2.28. The monoisotopic (exact) mass is 396 g/mol. The second-order valence-corrected chi connectivity index (χ2v) is 8.85. The summed E-state index contributed by atoms with van der Waals surface area (Å²) in [5.41, 5.74) is 0.937. The smallest absolute Gasteiger partial charge is 0.227 e. The quantitative estimate of drug-likeness (QED) is 0.849. The number of carbonyl (C=O) groups is 3. The molecule has 2 saturated heterocycles. The molecule has 2 fully saturated rings. The van der Waals surface area contributed by atoms with Crippen molar-refractivity contribution < 1.29 is 14.4 Å². The molecule has 0 saturated carbocycles. The first kappa shape index (κ1) is 20.8. The van der Waals surface area contributed by atoms with E-state index in [9.17, 15) is 14.4 Å². The van der Waals surface area contributed by atoms with Crippen LogP contribution in [-0.2, 0) is 14.4 Å². The molecule has 0 aliphatic carbocycles. The van der Waals surface area contributed by atoms with Crippen LogP contribution in [0.25, 0.3) is 0 Å². The Labute approximate surface area is 171 Å². The fraction of sp³-hybridized carbons (Fsp3) is 0.545. The second kappa shape index (κ2) is 8.24. The van der Waals surface area contributed by atoms with Gasteiger partial charge in [-0.15, -0.1) is 0 Å². The summed E-state index contributed by atoms with van der Waals surface area (Å²) in [5.74, 6) is -0.433. The van der Waals surface area contributed by atoms with E-state index >= 15 is 0 Å². The molecule has 154 valence electrons. The molecule has 2 aliphatic heterocycles. The van der Waals surface area contributed by atoms with Crippen molar-refractivity contribution in [3.8, 4) is 6.07 Å². The van der Waals surface area contributed by atoms with E-state index < -0.39 is 0 Å². The zero-order valence-corrected chi connectivity index (χ0v) is 17.3. The Balaban J connectivity index is 1.51. The predicted molar refractivity (Wildman–Crippen MR) is 109 cm³/mol. The summed E-state index contributed by atoms with van der Waals surface area (Å²) in [6, 6.07) is 8.81. The van der Waals surface area contributed by atoms with E-state index in [-0.39, 0.29) is 41.5 Å². The van der Waals surface area contributed by atoms with E-state index in [1.807, 2.05) is 26.8 Å². The van der Waals surface area contributed by atoms with Crippen molar-refractivity contribution in [3.63, 3.8) is 0 Å². The number of likely N-dealkylation sites (tertiary alicyclic amines) is 2. The van der Waals surface area contributed by atoms with Crippen LogP contribution in [0.5, 0.6) is 0 Å². The Hall–Kier alpha value is -2.88. The molecular formula is C22H28N4O3. The molecule has 0 radical (unpaired) electrons. The van der Waals surface area contributed by atoms with E-state index in [4.69, 9.17) is 5.26 Å². The molecule has 0 bridgehead atoms. The number of nitriles is 1. The van der Waals surface area contributed by atoms with Crippen molar-refractivity contribution in [1.82, 2.24) is 9.80 Å². The van der Waals surface area contributed by atoms with Crippen LogP contribution in [0, 0.1) is 23.2 Å². The SMILES string of the molecule is CC(C)(C)N1CC(C(=O)N2CCC(C(=O)Nc3ccc(C#N)cc3)CC2)CC1=O. The number of hydrogen-bond acceptors (Lipinski definition) is 4. The van der Waals surface area contributed by atoms with Crippen LogP contribution in [0.1, 0.15) is 45.6 Å². The van der Waals surface area contributed by atoms with Crippen molar-refractivity contribution in [2.75, 3.05) is 25.0 Å². The van der Waals surface area contributed by atoms with Gasteiger partial charge in [0.15, 0.2) is 0 Å². The molecule has 3 rings (SSSR count). The van der Waals surface area contributed by atoms with Gasteiger partial charge in [0.2, 0.25) is 17.7 Å². The van der Waals surface area contributed by atoms with Crippen LogP contribution in [-0.4, -0.2) is 52.7 Å². The molecule has 1 aromatic rings. The maximum atomic E-state index is 12.9. The number of anilines is 1. The minimum absolute atomic E-state index is 0.0241. The lowest BCUT2D eigenvalue weighted by Gasteiger charge is -2.34. The van der Waals surface area contributed by atoms with Gasteiger partial charge >= 0.3 is 0 Å². The van der Waals surface area contributed by atoms with Crippen LogP contribution < -0.4 is 5.32 Å². The van der Waals surface area contributed by atoms with Crippen LogP contribution in [0.4, 0.5) is 5.69 Å². The number of nitrogens with zero attached hydrogens (tertiary/aromatic N) is 3. The van der Waals surface area contributed by atoms with Crippen molar-refractivity contribution in [2.24, 2.45) is 11.8 Å². The summed E-state index contributed by atoms with van der Waals surface area (Å²) >= 11 is 0. The predicted octanol–water partition coefficient (Wildman–Crippen LogP) is 2.38. The number of amides is 3. The third-order valence-electron chi connectivity index (χ3n) is 5.74. The highest BCUT2D eigenvalue weighted by Gasteiger charge is 2.41. The fourth-order valence-corrected chi connectivity index (χ4v) is 4.01. The minimum atomic E-state index is -0.286. The number of piperidine rings is 1. The lowest BCUT2D eigenvalue weighted by Crippen LogP contribution is -2.46. The molecule has 2 aliphatic rings. The van der Waals surface area contributed by atoms with Gasteiger partial charge in [0, 0.05) is 43.2 Å². The standard InChI is InChI=1S/C22H28N4O3/c1-22(2,3)26-14-17(12-19(26)27)21(29)25-10-8-16(9-11-25)20(28)24-18-6-4-15(13-23)5-7-18/h4-7,16-17H,8-12,14H2,1-3H3,(H,24,28). The summed E-state index contributed by atoms with van der Waals surface area (Å²) in [5, 5.41) is 11.7. The fourth-order valence-electron chi connectivity index (χ4n) is 4.01. The van der Waals surface area contributed by atoms with E-state index in [0.717, 1.165) is 0 Å². The Morgan fingerprint density at radius 1 is 1.10 bits per heavy atom. The van der Waals surface area contributed by atoms with Gasteiger partial charge in [-0.05, 0) is 57.9 Å². The third-order valence-corrected chi connectivity index (χ3v) is 5.74. The Bertz CT molecular complexity index is 827. The molecule has 3 amide bonds. The zero-order chi connectivity index (χ0) is 21.2. The van der Waals surface area contributed by atoms with Gasteiger partial charge in [-0.1, -0.05) is 0 Å². The van der Waals surface area contributed by atoms with Crippen LogP contribution in [0.2, 0.25) is 0 Å². The summed E-state index contributed by atoms with van der Waals surface area (Å²) in [6.07, 6.45) is 1.49. The highest BCUT2D eigenvalue weighted by atomic mass is 16.2. The number of benzene rings is 1. The first-order valence-corrected chi connectivity index (χ1v) is 10.1. The average molecular weight is 396 g/mol. The normalized spacial score (nSPS) is 20.5. The highest BCUT2D eigenvalue weighted by molar-refractivity contribution is 5.93. The van der Waals surface area contributed by atoms with Gasteiger partial charge in [0.25, 0.3) is 0 Å². The van der Waals surface area contributed by atoms with E-state index in [1.165, 1.54) is 0 Å². The lowest BCUT2D eigenvalue weighted by molar-refractivity contribution is -0.138. The molecule has 2 heterocycles. The van der Waals surface area contributed by atoms with E-state index in [1.54, 1.807) is 34.1 Å². The molecule has 1 atom stereocenters. The molecule has 0 aromatic heterocycles. The van der Waals surface area contributed by atoms with Gasteiger partial charge in [-0.3, -0.25) is 14.4 Å². The maximum Gasteiger partial charge on any atom is 0.227 e. The summed E-state index contributed by atoms with van der Waals surface area (Å²) in [6.45, 7) is 7.48. The molecule has 0 spiro atoms. The van der Waals surface area contributed by atoms with Crippen molar-refractivity contribution >= 4 is 23.4 Å². The van der Waals surface area contributed by atoms with E-state index in [2.05, 4.69) is 5.32 Å². The van der Waals surface area contributed by atoms with Gasteiger partial charge in [-0.25, -0.2) is 0 Å². The first-order chi connectivity index (χ1) is 13.7. The zero-order valence-electron chi connectivity index (χ0n) is 17.3. The summed E-state index contributed by atoms with van der Waals surface area (Å²) in [4.78, 5) is 41.2. The van der Waals surface area contributed by atoms with Crippen LogP contribution in [0.15, 0.2) is 24.3 Å². The van der Waals surface area contributed by atoms with Crippen LogP contribution in [0.3, 0.4) is 0 Å². The van der Waals surface area contributed by atoms with Crippen molar-refractivity contribution in [1.29, 1.82) is 5.26 Å². The number of hydrogen-bond donors (Lipinski definition) is 1. The lowest BCUT2D eigenvalue weighted by atomic mass is 9.94. The minimum Gasteiger partial charge on any atom is -0.342 e. The van der Waals surface area contributed by atoms with Gasteiger partial charge < -0.3 is 15.1 Å². The van der Waals surface area contributed by atoms with E-state index in [0.29, 0.717) is 43.7 Å². The Morgan fingerprint density at radius 3 is 2.24 bits per heavy atom. The molecule has 1 N–H and O–H groups in total.